The second kappa shape index (κ2) is 6.51. The lowest BCUT2D eigenvalue weighted by molar-refractivity contribution is 0.528. The third-order valence-corrected chi connectivity index (χ3v) is 4.61. The van der Waals surface area contributed by atoms with Gasteiger partial charge in [-0.25, -0.2) is 0 Å². The van der Waals surface area contributed by atoms with E-state index in [2.05, 4.69) is 97.0 Å². The molecule has 0 saturated heterocycles. The monoisotopic (exact) mass is 308 g/mol. The summed E-state index contributed by atoms with van der Waals surface area (Å²) < 4.78 is 0. The Hall–Kier alpha value is -1.56. The molecule has 0 heterocycles. The Morgan fingerprint density at radius 3 is 1.83 bits per heavy atom. The fraction of sp³-hybridized carbons (Fsp3) is 0.478. The number of rotatable bonds is 3. The highest BCUT2D eigenvalue weighted by atomic mass is 14.3. The molecule has 0 amide bonds. The van der Waals surface area contributed by atoms with E-state index in [9.17, 15) is 0 Å². The van der Waals surface area contributed by atoms with E-state index in [4.69, 9.17) is 0 Å². The first-order valence-corrected chi connectivity index (χ1v) is 8.78. The van der Waals surface area contributed by atoms with Crippen molar-refractivity contribution in [2.24, 2.45) is 0 Å². The molecule has 0 aliphatic carbocycles. The number of hydrogen-bond acceptors (Lipinski definition) is 0. The van der Waals surface area contributed by atoms with Crippen molar-refractivity contribution < 1.29 is 0 Å². The molecule has 124 valence electrons. The van der Waals surface area contributed by atoms with Crippen molar-refractivity contribution in [3.8, 4) is 0 Å². The molecule has 0 saturated carbocycles. The first kappa shape index (κ1) is 17.8. The first-order valence-electron chi connectivity index (χ1n) is 8.78. The Labute approximate surface area is 143 Å². The van der Waals surface area contributed by atoms with Crippen LogP contribution in [0.1, 0.15) is 76.6 Å². The van der Waals surface area contributed by atoms with Gasteiger partial charge in [0.1, 0.15) is 0 Å². The lowest BCUT2D eigenvalue weighted by Gasteiger charge is -2.31. The van der Waals surface area contributed by atoms with E-state index in [-0.39, 0.29) is 10.8 Å². The van der Waals surface area contributed by atoms with E-state index < -0.39 is 0 Å². The predicted molar refractivity (Wildman–Crippen MR) is 102 cm³/mol. The van der Waals surface area contributed by atoms with Crippen molar-refractivity contribution in [2.75, 3.05) is 0 Å². The molecule has 0 radical (unpaired) electrons. The Bertz CT molecular complexity index is 636. The van der Waals surface area contributed by atoms with E-state index in [1.54, 1.807) is 0 Å². The first-order chi connectivity index (χ1) is 10.6. The highest BCUT2D eigenvalue weighted by Crippen LogP contribution is 2.36. The zero-order valence-corrected chi connectivity index (χ0v) is 15.9. The van der Waals surface area contributed by atoms with E-state index in [0.717, 1.165) is 6.42 Å². The van der Waals surface area contributed by atoms with Crippen LogP contribution in [0, 0.1) is 0 Å². The van der Waals surface area contributed by atoms with Gasteiger partial charge in [0.15, 0.2) is 0 Å². The molecule has 0 aliphatic heterocycles. The third-order valence-electron chi connectivity index (χ3n) is 4.61. The molecule has 1 atom stereocenters. The van der Waals surface area contributed by atoms with Crippen molar-refractivity contribution in [1.29, 1.82) is 0 Å². The van der Waals surface area contributed by atoms with Crippen LogP contribution in [0.25, 0.3) is 0 Å². The molecule has 0 N–H and O–H groups in total. The van der Waals surface area contributed by atoms with Crippen LogP contribution in [0.5, 0.6) is 0 Å². The number of benzene rings is 2. The van der Waals surface area contributed by atoms with E-state index >= 15 is 0 Å². The summed E-state index contributed by atoms with van der Waals surface area (Å²) in [6.45, 7) is 16.2. The molecule has 0 fully saturated rings. The van der Waals surface area contributed by atoms with Crippen LogP contribution in [0.2, 0.25) is 0 Å². The second-order valence-corrected chi connectivity index (χ2v) is 8.90. The fourth-order valence-electron chi connectivity index (χ4n) is 3.23. The van der Waals surface area contributed by atoms with Crippen LogP contribution in [0.3, 0.4) is 0 Å². The van der Waals surface area contributed by atoms with Gasteiger partial charge in [0.05, 0.1) is 0 Å². The van der Waals surface area contributed by atoms with Crippen LogP contribution in [0.4, 0.5) is 0 Å². The van der Waals surface area contributed by atoms with Gasteiger partial charge in [0, 0.05) is 0 Å². The van der Waals surface area contributed by atoms with Gasteiger partial charge in [0.25, 0.3) is 0 Å². The summed E-state index contributed by atoms with van der Waals surface area (Å²) in [7, 11) is 0. The maximum absolute atomic E-state index is 2.45. The molecule has 0 heteroatoms. The highest BCUT2D eigenvalue weighted by molar-refractivity contribution is 5.42. The molecule has 0 aromatic heterocycles. The molecule has 2 aromatic rings. The molecule has 0 spiro atoms. The van der Waals surface area contributed by atoms with Crippen molar-refractivity contribution in [2.45, 2.75) is 71.6 Å². The van der Waals surface area contributed by atoms with Crippen LogP contribution in [-0.4, -0.2) is 0 Å². The summed E-state index contributed by atoms with van der Waals surface area (Å²) in [4.78, 5) is 0. The van der Waals surface area contributed by atoms with Gasteiger partial charge >= 0.3 is 0 Å². The minimum atomic E-state index is 0.172. The smallest absolute Gasteiger partial charge is 0.0129 e. The zero-order chi connectivity index (χ0) is 17.3. The number of hydrogen-bond donors (Lipinski definition) is 0. The maximum Gasteiger partial charge on any atom is -0.0129 e. The summed E-state index contributed by atoms with van der Waals surface area (Å²) in [6.07, 6.45) is 1.10. The zero-order valence-electron chi connectivity index (χ0n) is 15.9. The maximum atomic E-state index is 2.45. The van der Waals surface area contributed by atoms with Crippen LogP contribution >= 0.6 is 0 Å². The minimum absolute atomic E-state index is 0.172. The molecule has 0 bridgehead atoms. The van der Waals surface area contributed by atoms with E-state index in [0.29, 0.717) is 5.92 Å². The highest BCUT2D eigenvalue weighted by Gasteiger charge is 2.25. The quantitative estimate of drug-likeness (QED) is 0.597. The van der Waals surface area contributed by atoms with Gasteiger partial charge in [-0.3, -0.25) is 0 Å². The van der Waals surface area contributed by atoms with Crippen LogP contribution < -0.4 is 0 Å². The molecular weight excluding hydrogens is 276 g/mol. The molecule has 23 heavy (non-hydrogen) atoms. The normalized spacial score (nSPS) is 13.9. The minimum Gasteiger partial charge on any atom is -0.0622 e. The molecule has 0 aliphatic rings. The fourth-order valence-corrected chi connectivity index (χ4v) is 3.23. The SMILES string of the molecule is CC(Cc1ccccc1)c1ccc(C(C)(C)C)c(C(C)(C)C)c1. The van der Waals surface area contributed by atoms with Crippen molar-refractivity contribution >= 4 is 0 Å². The van der Waals surface area contributed by atoms with Gasteiger partial charge in [-0.2, -0.15) is 0 Å². The van der Waals surface area contributed by atoms with Gasteiger partial charge in [-0.1, -0.05) is 97.0 Å². The summed E-state index contributed by atoms with van der Waals surface area (Å²) in [6, 6.07) is 17.9. The van der Waals surface area contributed by atoms with Crippen molar-refractivity contribution in [1.82, 2.24) is 0 Å². The lowest BCUT2D eigenvalue weighted by atomic mass is 9.74. The predicted octanol–water partition coefficient (Wildman–Crippen LogP) is 6.63. The Morgan fingerprint density at radius 1 is 0.739 bits per heavy atom. The van der Waals surface area contributed by atoms with Crippen LogP contribution in [0.15, 0.2) is 48.5 Å². The summed E-state index contributed by atoms with van der Waals surface area (Å²) in [5.74, 6) is 0.535. The van der Waals surface area contributed by atoms with Crippen molar-refractivity contribution in [3.05, 3.63) is 70.8 Å². The van der Waals surface area contributed by atoms with Gasteiger partial charge in [-0.15, -0.1) is 0 Å². The van der Waals surface area contributed by atoms with Gasteiger partial charge in [-0.05, 0) is 45.4 Å². The van der Waals surface area contributed by atoms with Gasteiger partial charge in [0.2, 0.25) is 0 Å². The molecule has 2 rings (SSSR count). The topological polar surface area (TPSA) is 0 Å². The van der Waals surface area contributed by atoms with E-state index in [1.807, 2.05) is 0 Å². The molecule has 2 aromatic carbocycles. The van der Waals surface area contributed by atoms with Crippen LogP contribution in [-0.2, 0) is 17.3 Å². The third kappa shape index (κ3) is 4.47. The summed E-state index contributed by atoms with van der Waals surface area (Å²) in [5, 5.41) is 0. The van der Waals surface area contributed by atoms with Crippen molar-refractivity contribution in [3.63, 3.8) is 0 Å². The Morgan fingerprint density at radius 2 is 1.30 bits per heavy atom. The standard InChI is InChI=1S/C23H32/c1-17(15-18-11-9-8-10-12-18)19-13-14-20(22(2,3)4)21(16-19)23(5,6)7/h8-14,16-17H,15H2,1-7H3. The molecular formula is C23H32. The second-order valence-electron chi connectivity index (χ2n) is 8.90. The Balaban J connectivity index is 2.37. The van der Waals surface area contributed by atoms with E-state index in [1.165, 1.54) is 22.3 Å². The summed E-state index contributed by atoms with van der Waals surface area (Å²) >= 11 is 0. The molecule has 0 nitrogen and oxygen atoms in total. The van der Waals surface area contributed by atoms with Gasteiger partial charge < -0.3 is 0 Å². The average molecular weight is 309 g/mol. The summed E-state index contributed by atoms with van der Waals surface area (Å²) in [5.41, 5.74) is 6.18. The Kier molecular flexibility index (Phi) is 5.04. The largest absolute Gasteiger partial charge is 0.0622 e. The average Bonchev–Trinajstić information content (AvgIpc) is 2.46. The molecule has 1 unspecified atom stereocenters. The lowest BCUT2D eigenvalue weighted by Crippen LogP contribution is -2.22.